The highest BCUT2D eigenvalue weighted by Gasteiger charge is 2.70. The number of hydrogen-bond acceptors (Lipinski definition) is 2. The zero-order valence-electron chi connectivity index (χ0n) is 10.7. The molecular formula is C15H17NO2. The van der Waals surface area contributed by atoms with Crippen molar-refractivity contribution in [2.24, 2.45) is 11.3 Å². The lowest BCUT2D eigenvalue weighted by Gasteiger charge is -2.27. The third-order valence-corrected chi connectivity index (χ3v) is 4.54. The topological polar surface area (TPSA) is 37.4 Å². The lowest BCUT2D eigenvalue weighted by atomic mass is 9.99. The highest BCUT2D eigenvalue weighted by Crippen LogP contribution is 2.60. The van der Waals surface area contributed by atoms with Gasteiger partial charge in [0.25, 0.3) is 0 Å². The van der Waals surface area contributed by atoms with Crippen molar-refractivity contribution in [2.45, 2.75) is 26.3 Å². The second-order valence-corrected chi connectivity index (χ2v) is 5.47. The molecule has 94 valence electrons. The molecule has 3 heteroatoms. The summed E-state index contributed by atoms with van der Waals surface area (Å²) < 4.78 is 0. The van der Waals surface area contributed by atoms with Crippen molar-refractivity contribution < 1.29 is 9.59 Å². The van der Waals surface area contributed by atoms with Crippen LogP contribution >= 0.6 is 0 Å². The van der Waals surface area contributed by atoms with Crippen LogP contribution in [-0.2, 0) is 9.59 Å². The van der Waals surface area contributed by atoms with Crippen molar-refractivity contribution >= 4 is 11.7 Å². The van der Waals surface area contributed by atoms with Crippen LogP contribution in [0.2, 0.25) is 0 Å². The Bertz CT molecular complexity index is 510. The summed E-state index contributed by atoms with van der Waals surface area (Å²) in [5.74, 6) is 0.338. The van der Waals surface area contributed by atoms with Gasteiger partial charge in [-0.3, -0.25) is 9.59 Å². The minimum atomic E-state index is -0.650. The molecule has 1 aliphatic heterocycles. The van der Waals surface area contributed by atoms with Crippen molar-refractivity contribution in [1.82, 2.24) is 4.90 Å². The lowest BCUT2D eigenvalue weighted by molar-refractivity contribution is -0.140. The van der Waals surface area contributed by atoms with Gasteiger partial charge < -0.3 is 4.90 Å². The summed E-state index contributed by atoms with van der Waals surface area (Å²) in [6, 6.07) is 10.0. The number of nitrogens with zero attached hydrogens (tertiary/aromatic N) is 1. The standard InChI is InChI=1S/C15H17NO2/c1-10(12-6-4-3-5-7-12)16-9-13-8-15(13,11(2)17)14(16)18/h3-7,10,13H,8-9H2,1-2H3/t10-,13+,15-/m0/s1. The maximum atomic E-state index is 12.4. The molecule has 0 N–H and O–H groups in total. The van der Waals surface area contributed by atoms with E-state index in [0.29, 0.717) is 0 Å². The van der Waals surface area contributed by atoms with Crippen LogP contribution in [0.5, 0.6) is 0 Å². The third kappa shape index (κ3) is 1.36. The van der Waals surface area contributed by atoms with E-state index in [-0.39, 0.29) is 23.7 Å². The number of piperidine rings is 1. The van der Waals surface area contributed by atoms with E-state index in [9.17, 15) is 9.59 Å². The minimum absolute atomic E-state index is 0.0383. The van der Waals surface area contributed by atoms with Gasteiger partial charge >= 0.3 is 0 Å². The van der Waals surface area contributed by atoms with Crippen LogP contribution in [0.3, 0.4) is 0 Å². The summed E-state index contributed by atoms with van der Waals surface area (Å²) >= 11 is 0. The molecule has 1 aromatic rings. The van der Waals surface area contributed by atoms with Gasteiger partial charge in [0.1, 0.15) is 11.2 Å². The SMILES string of the molecule is CC(=O)[C@@]12C[C@@H]1CN([C@@H](C)c1ccccc1)C2=O. The largest absolute Gasteiger partial charge is 0.335 e. The van der Waals surface area contributed by atoms with E-state index < -0.39 is 5.41 Å². The molecule has 1 amide bonds. The number of Topliss-reactive ketones (excluding diaryl/α,β-unsaturated/α-hetero) is 1. The van der Waals surface area contributed by atoms with Gasteiger partial charge in [-0.15, -0.1) is 0 Å². The molecule has 0 radical (unpaired) electrons. The van der Waals surface area contributed by atoms with Crippen LogP contribution in [0.4, 0.5) is 0 Å². The summed E-state index contributed by atoms with van der Waals surface area (Å²) in [6.07, 6.45) is 0.763. The van der Waals surface area contributed by atoms with E-state index in [1.54, 1.807) is 6.92 Å². The van der Waals surface area contributed by atoms with Crippen molar-refractivity contribution in [2.75, 3.05) is 6.54 Å². The van der Waals surface area contributed by atoms with E-state index in [0.717, 1.165) is 18.5 Å². The first-order valence-electron chi connectivity index (χ1n) is 6.44. The van der Waals surface area contributed by atoms with Crippen molar-refractivity contribution in [3.8, 4) is 0 Å². The molecule has 0 spiro atoms. The Balaban J connectivity index is 1.85. The Labute approximate surface area is 107 Å². The number of benzene rings is 1. The van der Waals surface area contributed by atoms with Crippen LogP contribution in [0.1, 0.15) is 31.9 Å². The summed E-state index contributed by atoms with van der Waals surface area (Å²) in [5.41, 5.74) is 0.481. The fourth-order valence-corrected chi connectivity index (χ4v) is 3.22. The molecule has 3 nitrogen and oxygen atoms in total. The smallest absolute Gasteiger partial charge is 0.237 e. The van der Waals surface area contributed by atoms with E-state index in [1.807, 2.05) is 42.2 Å². The van der Waals surface area contributed by atoms with Gasteiger partial charge in [0, 0.05) is 6.54 Å². The molecule has 2 aliphatic rings. The molecule has 1 saturated carbocycles. The molecule has 1 saturated heterocycles. The summed E-state index contributed by atoms with van der Waals surface area (Å²) in [4.78, 5) is 26.0. The zero-order valence-corrected chi connectivity index (χ0v) is 10.7. The van der Waals surface area contributed by atoms with Crippen molar-refractivity contribution in [3.05, 3.63) is 35.9 Å². The molecule has 3 atom stereocenters. The van der Waals surface area contributed by atoms with Crippen LogP contribution in [0.25, 0.3) is 0 Å². The molecule has 2 fully saturated rings. The lowest BCUT2D eigenvalue weighted by Crippen LogP contribution is -2.36. The van der Waals surface area contributed by atoms with E-state index >= 15 is 0 Å². The van der Waals surface area contributed by atoms with Gasteiger partial charge in [0.2, 0.25) is 5.91 Å². The third-order valence-electron chi connectivity index (χ3n) is 4.54. The predicted molar refractivity (Wildman–Crippen MR) is 67.8 cm³/mol. The Morgan fingerprint density at radius 1 is 1.39 bits per heavy atom. The summed E-state index contributed by atoms with van der Waals surface area (Å²) in [6.45, 7) is 4.31. The fraction of sp³-hybridized carbons (Fsp3) is 0.467. The maximum Gasteiger partial charge on any atom is 0.237 e. The minimum Gasteiger partial charge on any atom is -0.335 e. The van der Waals surface area contributed by atoms with Crippen molar-refractivity contribution in [3.63, 3.8) is 0 Å². The first kappa shape index (κ1) is 11.5. The second kappa shape index (κ2) is 3.67. The predicted octanol–water partition coefficient (Wildman–Crippen LogP) is 2.19. The fourth-order valence-electron chi connectivity index (χ4n) is 3.22. The number of ketones is 1. The number of carbonyl (C=O) groups excluding carboxylic acids is 2. The van der Waals surface area contributed by atoms with Gasteiger partial charge in [-0.25, -0.2) is 0 Å². The van der Waals surface area contributed by atoms with Gasteiger partial charge in [-0.1, -0.05) is 30.3 Å². The molecule has 3 rings (SSSR count). The Morgan fingerprint density at radius 3 is 2.61 bits per heavy atom. The number of carbonyl (C=O) groups is 2. The van der Waals surface area contributed by atoms with Gasteiger partial charge in [0.05, 0.1) is 6.04 Å². The Morgan fingerprint density at radius 2 is 2.06 bits per heavy atom. The quantitative estimate of drug-likeness (QED) is 0.763. The zero-order chi connectivity index (χ0) is 12.9. The van der Waals surface area contributed by atoms with Gasteiger partial charge in [-0.05, 0) is 31.7 Å². The molecule has 1 heterocycles. The van der Waals surface area contributed by atoms with Crippen LogP contribution in [0.15, 0.2) is 30.3 Å². The highest BCUT2D eigenvalue weighted by atomic mass is 16.2. The second-order valence-electron chi connectivity index (χ2n) is 5.47. The summed E-state index contributed by atoms with van der Waals surface area (Å²) in [7, 11) is 0. The number of amides is 1. The Kier molecular flexibility index (Phi) is 2.34. The maximum absolute atomic E-state index is 12.4. The summed E-state index contributed by atoms with van der Waals surface area (Å²) in [5, 5.41) is 0. The first-order chi connectivity index (χ1) is 8.57. The van der Waals surface area contributed by atoms with Crippen LogP contribution in [-0.4, -0.2) is 23.1 Å². The average Bonchev–Trinajstić information content (AvgIpc) is 3.04. The molecule has 0 unspecified atom stereocenters. The van der Waals surface area contributed by atoms with E-state index in [2.05, 4.69) is 0 Å². The molecule has 0 aromatic heterocycles. The Hall–Kier alpha value is -1.64. The van der Waals surface area contributed by atoms with Crippen molar-refractivity contribution in [1.29, 1.82) is 0 Å². The molecule has 0 bridgehead atoms. The molecule has 1 aromatic carbocycles. The molecular weight excluding hydrogens is 226 g/mol. The molecule has 1 aliphatic carbocycles. The van der Waals surface area contributed by atoms with Crippen LogP contribution < -0.4 is 0 Å². The monoisotopic (exact) mass is 243 g/mol. The number of hydrogen-bond donors (Lipinski definition) is 0. The number of likely N-dealkylation sites (tertiary alicyclic amines) is 1. The number of rotatable bonds is 3. The van der Waals surface area contributed by atoms with Gasteiger partial charge in [-0.2, -0.15) is 0 Å². The van der Waals surface area contributed by atoms with Gasteiger partial charge in [0.15, 0.2) is 0 Å². The molecule has 18 heavy (non-hydrogen) atoms. The normalized spacial score (nSPS) is 31.1. The van der Waals surface area contributed by atoms with E-state index in [1.165, 1.54) is 0 Å². The number of fused-ring (bicyclic) bond motifs is 1. The average molecular weight is 243 g/mol. The first-order valence-corrected chi connectivity index (χ1v) is 6.44. The highest BCUT2D eigenvalue weighted by molar-refractivity contribution is 6.10. The van der Waals surface area contributed by atoms with Crippen LogP contribution in [0, 0.1) is 11.3 Å². The van der Waals surface area contributed by atoms with E-state index in [4.69, 9.17) is 0 Å².